The number of nitrogens with one attached hydrogen (secondary N) is 1. The number of rotatable bonds is 6. The van der Waals surface area contributed by atoms with Gasteiger partial charge in [-0.05, 0) is 37.6 Å². The lowest BCUT2D eigenvalue weighted by atomic mass is 10.1. The van der Waals surface area contributed by atoms with Crippen LogP contribution >= 0.6 is 0 Å². The topological polar surface area (TPSA) is 61.9 Å². The van der Waals surface area contributed by atoms with Gasteiger partial charge in [0.15, 0.2) is 0 Å². The van der Waals surface area contributed by atoms with Gasteiger partial charge in [-0.2, -0.15) is 0 Å². The largest absolute Gasteiger partial charge is 0.379 e. The zero-order valence-electron chi connectivity index (χ0n) is 14.0. The van der Waals surface area contributed by atoms with Crippen molar-refractivity contribution in [2.24, 2.45) is 0 Å². The molecule has 0 spiro atoms. The first-order valence-electron chi connectivity index (χ1n) is 8.73. The van der Waals surface area contributed by atoms with E-state index in [2.05, 4.69) is 10.2 Å². The molecule has 6 heteroatoms. The molecular formula is C18H25N3O3. The summed E-state index contributed by atoms with van der Waals surface area (Å²) in [6.45, 7) is 5.92. The second-order valence-electron chi connectivity index (χ2n) is 6.26. The standard InChI is InChI=1S/C18H25N3O3/c22-17-6-2-9-21(17)16-5-1-4-15(14-16)18(23)19-7-3-8-20-10-12-24-13-11-20/h1,4-5,14H,2-3,6-13H2,(H,19,23). The lowest BCUT2D eigenvalue weighted by Crippen LogP contribution is -2.38. The Morgan fingerprint density at radius 3 is 2.79 bits per heavy atom. The van der Waals surface area contributed by atoms with Crippen molar-refractivity contribution in [2.75, 3.05) is 50.8 Å². The summed E-state index contributed by atoms with van der Waals surface area (Å²) in [6.07, 6.45) is 2.41. The highest BCUT2D eigenvalue weighted by Gasteiger charge is 2.22. The minimum atomic E-state index is -0.0783. The fourth-order valence-corrected chi connectivity index (χ4v) is 3.17. The summed E-state index contributed by atoms with van der Waals surface area (Å²) in [5, 5.41) is 2.97. The van der Waals surface area contributed by atoms with Gasteiger partial charge in [0, 0.05) is 43.9 Å². The molecule has 0 radical (unpaired) electrons. The normalized spacial score (nSPS) is 18.8. The smallest absolute Gasteiger partial charge is 0.251 e. The van der Waals surface area contributed by atoms with Crippen molar-refractivity contribution >= 4 is 17.5 Å². The van der Waals surface area contributed by atoms with Crippen LogP contribution in [0.15, 0.2) is 24.3 Å². The van der Waals surface area contributed by atoms with Crippen LogP contribution < -0.4 is 10.2 Å². The fourth-order valence-electron chi connectivity index (χ4n) is 3.17. The predicted molar refractivity (Wildman–Crippen MR) is 92.2 cm³/mol. The highest BCUT2D eigenvalue weighted by Crippen LogP contribution is 2.22. The van der Waals surface area contributed by atoms with E-state index in [0.717, 1.165) is 57.9 Å². The number of nitrogens with zero attached hydrogens (tertiary/aromatic N) is 2. The SMILES string of the molecule is O=C(NCCCN1CCOCC1)c1cccc(N2CCCC2=O)c1. The third-order valence-corrected chi connectivity index (χ3v) is 4.53. The van der Waals surface area contributed by atoms with Gasteiger partial charge in [0.1, 0.15) is 0 Å². The van der Waals surface area contributed by atoms with E-state index in [1.54, 1.807) is 17.0 Å². The molecule has 130 valence electrons. The second-order valence-corrected chi connectivity index (χ2v) is 6.26. The van der Waals surface area contributed by atoms with Crippen molar-refractivity contribution in [1.29, 1.82) is 0 Å². The molecule has 0 aromatic heterocycles. The minimum Gasteiger partial charge on any atom is -0.379 e. The lowest BCUT2D eigenvalue weighted by molar-refractivity contribution is -0.117. The molecule has 1 aromatic carbocycles. The molecule has 0 unspecified atom stereocenters. The molecule has 2 heterocycles. The molecule has 24 heavy (non-hydrogen) atoms. The van der Waals surface area contributed by atoms with E-state index in [9.17, 15) is 9.59 Å². The van der Waals surface area contributed by atoms with Crippen molar-refractivity contribution in [3.8, 4) is 0 Å². The molecular weight excluding hydrogens is 306 g/mol. The Kier molecular flexibility index (Phi) is 5.82. The number of ether oxygens (including phenoxy) is 1. The zero-order valence-corrected chi connectivity index (χ0v) is 14.0. The first-order valence-corrected chi connectivity index (χ1v) is 8.73. The third kappa shape index (κ3) is 4.33. The Morgan fingerprint density at radius 1 is 1.21 bits per heavy atom. The monoisotopic (exact) mass is 331 g/mol. The molecule has 0 aliphatic carbocycles. The Morgan fingerprint density at radius 2 is 2.04 bits per heavy atom. The van der Waals surface area contributed by atoms with Crippen molar-refractivity contribution in [1.82, 2.24) is 10.2 Å². The number of hydrogen-bond acceptors (Lipinski definition) is 4. The van der Waals surface area contributed by atoms with E-state index in [1.165, 1.54) is 0 Å². The summed E-state index contributed by atoms with van der Waals surface area (Å²) in [4.78, 5) is 28.2. The second kappa shape index (κ2) is 8.26. The number of carbonyl (C=O) groups is 2. The van der Waals surface area contributed by atoms with Crippen LogP contribution in [0, 0.1) is 0 Å². The molecule has 2 saturated heterocycles. The summed E-state index contributed by atoms with van der Waals surface area (Å²) in [7, 11) is 0. The lowest BCUT2D eigenvalue weighted by Gasteiger charge is -2.26. The summed E-state index contributed by atoms with van der Waals surface area (Å²) in [5.41, 5.74) is 1.43. The summed E-state index contributed by atoms with van der Waals surface area (Å²) in [6, 6.07) is 7.32. The Balaban J connectivity index is 1.47. The molecule has 0 atom stereocenters. The first kappa shape index (κ1) is 16.9. The summed E-state index contributed by atoms with van der Waals surface area (Å²) < 4.78 is 5.32. The van der Waals surface area contributed by atoms with Gasteiger partial charge in [-0.25, -0.2) is 0 Å². The number of amides is 2. The maximum absolute atomic E-state index is 12.3. The van der Waals surface area contributed by atoms with E-state index in [-0.39, 0.29) is 11.8 Å². The van der Waals surface area contributed by atoms with E-state index in [0.29, 0.717) is 18.5 Å². The van der Waals surface area contributed by atoms with Gasteiger partial charge in [0.2, 0.25) is 5.91 Å². The number of hydrogen-bond donors (Lipinski definition) is 1. The Bertz CT molecular complexity index is 585. The van der Waals surface area contributed by atoms with Gasteiger partial charge in [-0.15, -0.1) is 0 Å². The summed E-state index contributed by atoms with van der Waals surface area (Å²) in [5.74, 6) is 0.0588. The average Bonchev–Trinajstić information content (AvgIpc) is 3.05. The molecule has 1 N–H and O–H groups in total. The average molecular weight is 331 g/mol. The number of anilines is 1. The zero-order chi connectivity index (χ0) is 16.8. The highest BCUT2D eigenvalue weighted by atomic mass is 16.5. The van der Waals surface area contributed by atoms with Crippen LogP contribution in [0.1, 0.15) is 29.6 Å². The Labute approximate surface area is 142 Å². The van der Waals surface area contributed by atoms with Gasteiger partial charge >= 0.3 is 0 Å². The van der Waals surface area contributed by atoms with Crippen LogP contribution in [0.25, 0.3) is 0 Å². The van der Waals surface area contributed by atoms with E-state index < -0.39 is 0 Å². The molecule has 0 saturated carbocycles. The number of benzene rings is 1. The van der Waals surface area contributed by atoms with E-state index >= 15 is 0 Å². The van der Waals surface area contributed by atoms with Crippen LogP contribution in [0.4, 0.5) is 5.69 Å². The molecule has 2 fully saturated rings. The molecule has 3 rings (SSSR count). The highest BCUT2D eigenvalue weighted by molar-refractivity contribution is 5.99. The molecule has 2 amide bonds. The van der Waals surface area contributed by atoms with Crippen molar-refractivity contribution in [3.63, 3.8) is 0 Å². The third-order valence-electron chi connectivity index (χ3n) is 4.53. The van der Waals surface area contributed by atoms with Crippen LogP contribution in [0.3, 0.4) is 0 Å². The molecule has 2 aliphatic rings. The van der Waals surface area contributed by atoms with Gasteiger partial charge in [-0.3, -0.25) is 14.5 Å². The number of morpholine rings is 1. The van der Waals surface area contributed by atoms with Crippen molar-refractivity contribution in [2.45, 2.75) is 19.3 Å². The summed E-state index contributed by atoms with van der Waals surface area (Å²) >= 11 is 0. The Hall–Kier alpha value is -1.92. The van der Waals surface area contributed by atoms with Crippen LogP contribution in [-0.2, 0) is 9.53 Å². The first-order chi connectivity index (χ1) is 11.7. The van der Waals surface area contributed by atoms with Gasteiger partial charge in [0.05, 0.1) is 13.2 Å². The van der Waals surface area contributed by atoms with Gasteiger partial charge in [0.25, 0.3) is 5.91 Å². The van der Waals surface area contributed by atoms with Crippen molar-refractivity contribution in [3.05, 3.63) is 29.8 Å². The van der Waals surface area contributed by atoms with Crippen molar-refractivity contribution < 1.29 is 14.3 Å². The molecule has 2 aliphatic heterocycles. The van der Waals surface area contributed by atoms with E-state index in [1.807, 2.05) is 12.1 Å². The maximum atomic E-state index is 12.3. The fraction of sp³-hybridized carbons (Fsp3) is 0.556. The molecule has 0 bridgehead atoms. The quantitative estimate of drug-likeness (QED) is 0.798. The van der Waals surface area contributed by atoms with Crippen LogP contribution in [0.2, 0.25) is 0 Å². The maximum Gasteiger partial charge on any atom is 0.251 e. The minimum absolute atomic E-state index is 0.0783. The molecule has 6 nitrogen and oxygen atoms in total. The predicted octanol–water partition coefficient (Wildman–Crippen LogP) is 1.27. The van der Waals surface area contributed by atoms with Gasteiger partial charge in [-0.1, -0.05) is 6.07 Å². The van der Waals surface area contributed by atoms with Crippen LogP contribution in [-0.4, -0.2) is 62.7 Å². The van der Waals surface area contributed by atoms with E-state index in [4.69, 9.17) is 4.74 Å². The number of carbonyl (C=O) groups excluding carboxylic acids is 2. The van der Waals surface area contributed by atoms with Gasteiger partial charge < -0.3 is 15.0 Å². The van der Waals surface area contributed by atoms with Crippen LogP contribution in [0.5, 0.6) is 0 Å². The molecule has 1 aromatic rings.